The van der Waals surface area contributed by atoms with Crippen LogP contribution in [0.25, 0.3) is 0 Å². The Hall–Kier alpha value is -1.79. The van der Waals surface area contributed by atoms with Gasteiger partial charge in [0.1, 0.15) is 6.04 Å². The SMILES string of the molecule is CCC(C)(C)CNC(=O)N[C@H](CCC(N)=O)C(=O)O. The van der Waals surface area contributed by atoms with Crippen molar-refractivity contribution in [2.75, 3.05) is 6.54 Å². The Balaban J connectivity index is 4.25. The summed E-state index contributed by atoms with van der Waals surface area (Å²) in [5.41, 5.74) is 4.89. The van der Waals surface area contributed by atoms with Crippen LogP contribution in [0.5, 0.6) is 0 Å². The molecule has 0 aliphatic rings. The maximum atomic E-state index is 11.6. The molecule has 7 nitrogen and oxygen atoms in total. The van der Waals surface area contributed by atoms with Gasteiger partial charge in [0.2, 0.25) is 5.91 Å². The fraction of sp³-hybridized carbons (Fsp3) is 0.750. The van der Waals surface area contributed by atoms with Crippen LogP contribution in [0.1, 0.15) is 40.0 Å². The highest BCUT2D eigenvalue weighted by atomic mass is 16.4. The highest BCUT2D eigenvalue weighted by Crippen LogP contribution is 2.17. The monoisotopic (exact) mass is 273 g/mol. The molecule has 5 N–H and O–H groups in total. The minimum Gasteiger partial charge on any atom is -0.480 e. The van der Waals surface area contributed by atoms with Gasteiger partial charge < -0.3 is 21.5 Å². The number of nitrogens with one attached hydrogen (secondary N) is 2. The van der Waals surface area contributed by atoms with E-state index in [1.54, 1.807) is 0 Å². The molecule has 19 heavy (non-hydrogen) atoms. The summed E-state index contributed by atoms with van der Waals surface area (Å²) in [6.07, 6.45) is 0.782. The minimum atomic E-state index is -1.19. The van der Waals surface area contributed by atoms with Crippen molar-refractivity contribution in [3.05, 3.63) is 0 Å². The number of rotatable bonds is 8. The smallest absolute Gasteiger partial charge is 0.326 e. The Morgan fingerprint density at radius 3 is 2.32 bits per heavy atom. The first-order valence-corrected chi connectivity index (χ1v) is 6.23. The zero-order valence-corrected chi connectivity index (χ0v) is 11.7. The van der Waals surface area contributed by atoms with Crippen LogP contribution in [0.15, 0.2) is 0 Å². The maximum Gasteiger partial charge on any atom is 0.326 e. The molecule has 0 heterocycles. The van der Waals surface area contributed by atoms with Gasteiger partial charge in [-0.25, -0.2) is 9.59 Å². The molecule has 0 aromatic heterocycles. The number of primary amides is 1. The lowest BCUT2D eigenvalue weighted by atomic mass is 9.90. The number of nitrogens with two attached hydrogens (primary N) is 1. The molecule has 0 aliphatic heterocycles. The predicted molar refractivity (Wildman–Crippen MR) is 70.5 cm³/mol. The third-order valence-corrected chi connectivity index (χ3v) is 2.97. The Morgan fingerprint density at radius 1 is 1.32 bits per heavy atom. The summed E-state index contributed by atoms with van der Waals surface area (Å²) in [6.45, 7) is 6.44. The number of hydrogen-bond donors (Lipinski definition) is 4. The van der Waals surface area contributed by atoms with Gasteiger partial charge >= 0.3 is 12.0 Å². The van der Waals surface area contributed by atoms with E-state index in [2.05, 4.69) is 10.6 Å². The molecule has 0 bridgehead atoms. The second-order valence-corrected chi connectivity index (χ2v) is 5.24. The van der Waals surface area contributed by atoms with Crippen molar-refractivity contribution < 1.29 is 19.5 Å². The molecule has 110 valence electrons. The molecule has 0 fully saturated rings. The van der Waals surface area contributed by atoms with Crippen molar-refractivity contribution in [1.29, 1.82) is 0 Å². The molecule has 0 aromatic rings. The van der Waals surface area contributed by atoms with Crippen molar-refractivity contribution in [3.8, 4) is 0 Å². The molecule has 0 radical (unpaired) electrons. The average Bonchev–Trinajstić information content (AvgIpc) is 2.31. The lowest BCUT2D eigenvalue weighted by Gasteiger charge is -2.23. The zero-order valence-electron chi connectivity index (χ0n) is 11.7. The van der Waals surface area contributed by atoms with E-state index in [4.69, 9.17) is 10.8 Å². The van der Waals surface area contributed by atoms with Crippen LogP contribution >= 0.6 is 0 Å². The van der Waals surface area contributed by atoms with Crippen LogP contribution in [0.3, 0.4) is 0 Å². The average molecular weight is 273 g/mol. The lowest BCUT2D eigenvalue weighted by molar-refractivity contribution is -0.139. The number of carboxylic acid groups (broad SMARTS) is 1. The van der Waals surface area contributed by atoms with Crippen LogP contribution in [-0.4, -0.2) is 35.6 Å². The fourth-order valence-corrected chi connectivity index (χ4v) is 1.20. The maximum absolute atomic E-state index is 11.6. The van der Waals surface area contributed by atoms with Gasteiger partial charge in [0.15, 0.2) is 0 Å². The highest BCUT2D eigenvalue weighted by molar-refractivity contribution is 5.83. The minimum absolute atomic E-state index is 0.0186. The summed E-state index contributed by atoms with van der Waals surface area (Å²) in [5, 5.41) is 13.8. The van der Waals surface area contributed by atoms with Crippen molar-refractivity contribution in [1.82, 2.24) is 10.6 Å². The Morgan fingerprint density at radius 2 is 1.89 bits per heavy atom. The Kier molecular flexibility index (Phi) is 6.89. The van der Waals surface area contributed by atoms with E-state index in [0.717, 1.165) is 6.42 Å². The summed E-state index contributed by atoms with van der Waals surface area (Å²) in [7, 11) is 0. The summed E-state index contributed by atoms with van der Waals surface area (Å²) < 4.78 is 0. The van der Waals surface area contributed by atoms with Crippen molar-refractivity contribution in [3.63, 3.8) is 0 Å². The van der Waals surface area contributed by atoms with Crippen molar-refractivity contribution >= 4 is 17.9 Å². The van der Waals surface area contributed by atoms with Crippen LogP contribution in [-0.2, 0) is 9.59 Å². The number of hydrogen-bond acceptors (Lipinski definition) is 3. The molecule has 0 aromatic carbocycles. The van der Waals surface area contributed by atoms with Gasteiger partial charge in [0, 0.05) is 13.0 Å². The van der Waals surface area contributed by atoms with Gasteiger partial charge in [-0.3, -0.25) is 4.79 Å². The molecule has 0 spiro atoms. The van der Waals surface area contributed by atoms with E-state index in [0.29, 0.717) is 6.54 Å². The Bertz CT molecular complexity index is 342. The van der Waals surface area contributed by atoms with E-state index in [1.807, 2.05) is 20.8 Å². The zero-order chi connectivity index (χ0) is 15.1. The summed E-state index contributed by atoms with van der Waals surface area (Å²) in [6, 6.07) is -1.67. The number of carbonyl (C=O) groups excluding carboxylic acids is 2. The molecule has 3 amide bonds. The van der Waals surface area contributed by atoms with E-state index >= 15 is 0 Å². The Labute approximate surface area is 112 Å². The van der Waals surface area contributed by atoms with E-state index < -0.39 is 23.9 Å². The third-order valence-electron chi connectivity index (χ3n) is 2.97. The molecule has 0 unspecified atom stereocenters. The lowest BCUT2D eigenvalue weighted by Crippen LogP contribution is -2.48. The predicted octanol–water partition coefficient (Wildman–Crippen LogP) is 0.441. The van der Waals surface area contributed by atoms with Gasteiger partial charge in [-0.2, -0.15) is 0 Å². The molecule has 0 saturated carbocycles. The summed E-state index contributed by atoms with van der Waals surface area (Å²) >= 11 is 0. The molecular weight excluding hydrogens is 250 g/mol. The number of carboxylic acids is 1. The molecular formula is C12H23N3O4. The molecule has 1 atom stereocenters. The van der Waals surface area contributed by atoms with Crippen molar-refractivity contribution in [2.24, 2.45) is 11.1 Å². The summed E-state index contributed by atoms with van der Waals surface area (Å²) in [4.78, 5) is 33.1. The number of carbonyl (C=O) groups is 3. The molecule has 7 heteroatoms. The molecule has 0 rings (SSSR count). The van der Waals surface area contributed by atoms with Crippen LogP contribution in [0, 0.1) is 5.41 Å². The van der Waals surface area contributed by atoms with Crippen LogP contribution < -0.4 is 16.4 Å². The van der Waals surface area contributed by atoms with E-state index in [9.17, 15) is 14.4 Å². The van der Waals surface area contributed by atoms with E-state index in [-0.39, 0.29) is 18.3 Å². The van der Waals surface area contributed by atoms with Gasteiger partial charge in [0.25, 0.3) is 0 Å². The van der Waals surface area contributed by atoms with Crippen molar-refractivity contribution in [2.45, 2.75) is 46.1 Å². The quantitative estimate of drug-likeness (QED) is 0.512. The van der Waals surface area contributed by atoms with Gasteiger partial charge in [-0.05, 0) is 18.3 Å². The number of urea groups is 1. The second-order valence-electron chi connectivity index (χ2n) is 5.24. The molecule has 0 saturated heterocycles. The first kappa shape index (κ1) is 17.2. The largest absolute Gasteiger partial charge is 0.480 e. The normalized spacial score (nSPS) is 12.6. The topological polar surface area (TPSA) is 122 Å². The second kappa shape index (κ2) is 7.60. The first-order valence-electron chi connectivity index (χ1n) is 6.23. The molecule has 0 aliphatic carbocycles. The van der Waals surface area contributed by atoms with Gasteiger partial charge in [-0.15, -0.1) is 0 Å². The number of amides is 3. The standard InChI is InChI=1S/C12H23N3O4/c1-4-12(2,3)7-14-11(19)15-8(10(17)18)5-6-9(13)16/h8H,4-7H2,1-3H3,(H2,13,16)(H,17,18)(H2,14,15,19)/t8-/m1/s1. The van der Waals surface area contributed by atoms with Gasteiger partial charge in [-0.1, -0.05) is 20.8 Å². The third kappa shape index (κ3) is 8.01. The highest BCUT2D eigenvalue weighted by Gasteiger charge is 2.22. The van der Waals surface area contributed by atoms with Gasteiger partial charge in [0.05, 0.1) is 0 Å². The first-order chi connectivity index (χ1) is 8.68. The van der Waals surface area contributed by atoms with Crippen LogP contribution in [0.4, 0.5) is 4.79 Å². The van der Waals surface area contributed by atoms with Crippen LogP contribution in [0.2, 0.25) is 0 Å². The number of aliphatic carboxylic acids is 1. The van der Waals surface area contributed by atoms with E-state index in [1.165, 1.54) is 0 Å². The fourth-order valence-electron chi connectivity index (χ4n) is 1.20. The summed E-state index contributed by atoms with van der Waals surface area (Å²) in [5.74, 6) is -1.79.